The second-order valence-electron chi connectivity index (χ2n) is 15.3. The standard InChI is InChI=1S/C23H27Si.C20H23Si.2ClH.Zr/c1-24(2,3)21-13-11-18(12-14-21)22-10-6-9-19-15-20(16-23(19)22)17-7-4-5-8-17;1-5-15-13-17-7-6-8-19(20(17)14-15)16-9-11-18(12-10-16)21(2,3)4;;;/h6,9-17H,4-5,7-8H2,1-3H3;6-14H,5H2,1-4H3;2*1H;/q2*-1;;;+4/p-2. The molecule has 0 saturated heterocycles. The summed E-state index contributed by atoms with van der Waals surface area (Å²) in [5, 5.41) is 8.64. The van der Waals surface area contributed by atoms with Crippen LogP contribution in [0.4, 0.5) is 0 Å². The molecule has 1 fully saturated rings. The molecule has 0 aliphatic heterocycles. The predicted octanol–water partition coefficient (Wildman–Crippen LogP) is 5.77. The van der Waals surface area contributed by atoms with Crippen LogP contribution in [0.15, 0.2) is 109 Å². The number of hydrogen-bond donors (Lipinski definition) is 0. The van der Waals surface area contributed by atoms with Gasteiger partial charge in [-0.1, -0.05) is 141 Å². The van der Waals surface area contributed by atoms with E-state index in [4.69, 9.17) is 0 Å². The van der Waals surface area contributed by atoms with E-state index in [0.29, 0.717) is 0 Å². The molecule has 6 aromatic carbocycles. The van der Waals surface area contributed by atoms with E-state index >= 15 is 0 Å². The molecule has 0 amide bonds. The summed E-state index contributed by atoms with van der Waals surface area (Å²) in [6.45, 7) is 16.6. The Bertz CT molecular complexity index is 1900. The number of fused-ring (bicyclic) bond motifs is 2. The number of hydrogen-bond acceptors (Lipinski definition) is 0. The summed E-state index contributed by atoms with van der Waals surface area (Å²) < 4.78 is 0. The Morgan fingerprint density at radius 2 is 1.02 bits per heavy atom. The van der Waals surface area contributed by atoms with E-state index in [9.17, 15) is 0 Å². The van der Waals surface area contributed by atoms with Crippen LogP contribution in [0.1, 0.15) is 49.7 Å². The second kappa shape index (κ2) is 16.8. The second-order valence-corrected chi connectivity index (χ2v) is 25.4. The average Bonchev–Trinajstić information content (AvgIpc) is 3.80. The molecule has 0 radical (unpaired) electrons. The fourth-order valence-electron chi connectivity index (χ4n) is 7.06. The molecule has 0 heterocycles. The van der Waals surface area contributed by atoms with Crippen molar-refractivity contribution in [1.29, 1.82) is 0 Å². The van der Waals surface area contributed by atoms with Gasteiger partial charge in [-0.25, -0.2) is 0 Å². The molecule has 1 aliphatic rings. The topological polar surface area (TPSA) is 0 Å². The van der Waals surface area contributed by atoms with Gasteiger partial charge in [0.05, 0.1) is 16.1 Å². The number of halogens is 2. The number of aryl methyl sites for hydroxylation is 1. The van der Waals surface area contributed by atoms with Crippen LogP contribution in [-0.2, 0) is 32.6 Å². The minimum atomic E-state index is -1.22. The molecule has 0 spiro atoms. The first-order chi connectivity index (χ1) is 21.5. The quantitative estimate of drug-likeness (QED) is 0.149. The molecule has 1 saturated carbocycles. The molecule has 0 bridgehead atoms. The van der Waals surface area contributed by atoms with Crippen LogP contribution in [0, 0.1) is 0 Å². The Kier molecular flexibility index (Phi) is 14.2. The van der Waals surface area contributed by atoms with Crippen LogP contribution in [-0.4, -0.2) is 16.1 Å². The van der Waals surface area contributed by atoms with Crippen LogP contribution >= 0.6 is 0 Å². The van der Waals surface area contributed by atoms with Crippen LogP contribution in [0.2, 0.25) is 39.3 Å². The molecule has 1 aliphatic carbocycles. The van der Waals surface area contributed by atoms with E-state index in [0.717, 1.165) is 12.3 Å². The van der Waals surface area contributed by atoms with Gasteiger partial charge in [-0.15, -0.1) is 69.1 Å². The normalized spacial score (nSPS) is 13.3. The van der Waals surface area contributed by atoms with Crippen molar-refractivity contribution in [2.24, 2.45) is 0 Å². The Morgan fingerprint density at radius 1 is 0.583 bits per heavy atom. The van der Waals surface area contributed by atoms with Gasteiger partial charge in [0.2, 0.25) is 0 Å². The zero-order valence-corrected chi connectivity index (χ0v) is 35.7. The molecule has 7 rings (SSSR count). The Balaban J connectivity index is 0.000000247. The van der Waals surface area contributed by atoms with Crippen molar-refractivity contribution in [3.63, 3.8) is 0 Å². The molecule has 0 aromatic heterocycles. The Hall–Kier alpha value is -2.00. The maximum Gasteiger partial charge on any atom is 4.00 e. The fourth-order valence-corrected chi connectivity index (χ4v) is 9.39. The first-order valence-electron chi connectivity index (χ1n) is 17.1. The van der Waals surface area contributed by atoms with Crippen LogP contribution in [0.3, 0.4) is 0 Å². The van der Waals surface area contributed by atoms with Gasteiger partial charge in [-0.2, -0.15) is 12.1 Å². The van der Waals surface area contributed by atoms with Gasteiger partial charge in [0.15, 0.2) is 0 Å². The van der Waals surface area contributed by atoms with Crippen molar-refractivity contribution in [1.82, 2.24) is 0 Å². The predicted molar refractivity (Wildman–Crippen MR) is 207 cm³/mol. The summed E-state index contributed by atoms with van der Waals surface area (Å²) in [6.07, 6.45) is 6.64. The van der Waals surface area contributed by atoms with Gasteiger partial charge >= 0.3 is 26.2 Å². The molecule has 248 valence electrons. The SMILES string of the molecule is CCc1cc2c(-c3ccc([Si](C)(C)C)cc3)cccc2[cH-]1.C[Si](C)(C)c1ccc(-c2cccc3[cH-]c(C4CCCC4)cc23)cc1.[Cl-].[Cl-].[Zr+4]. The maximum atomic E-state index is 2.47. The van der Waals surface area contributed by atoms with Gasteiger partial charge in [-0.05, 0) is 36.3 Å². The number of rotatable bonds is 6. The van der Waals surface area contributed by atoms with Crippen LogP contribution in [0.5, 0.6) is 0 Å². The Labute approximate surface area is 323 Å². The summed E-state index contributed by atoms with van der Waals surface area (Å²) in [5.74, 6) is 0.791. The molecule has 0 atom stereocenters. The third-order valence-electron chi connectivity index (χ3n) is 9.94. The monoisotopic (exact) mass is 782 g/mol. The molecule has 5 heteroatoms. The fraction of sp³-hybridized carbons (Fsp3) is 0.302. The maximum absolute atomic E-state index is 2.47. The zero-order valence-electron chi connectivity index (χ0n) is 29.8. The number of benzene rings is 4. The van der Waals surface area contributed by atoms with Gasteiger partial charge < -0.3 is 24.8 Å². The first kappa shape index (κ1) is 40.4. The van der Waals surface area contributed by atoms with Crippen molar-refractivity contribution in [3.05, 3.63) is 120 Å². The minimum absolute atomic E-state index is 0. The van der Waals surface area contributed by atoms with Crippen LogP contribution in [0.25, 0.3) is 43.8 Å². The molecule has 0 nitrogen and oxygen atoms in total. The zero-order chi connectivity index (χ0) is 31.8. The molecule has 0 N–H and O–H groups in total. The third-order valence-corrected chi connectivity index (χ3v) is 14.1. The minimum Gasteiger partial charge on any atom is -1.00 e. The molecule has 0 unspecified atom stereocenters. The third kappa shape index (κ3) is 9.01. The van der Waals surface area contributed by atoms with E-state index in [1.807, 2.05) is 0 Å². The summed E-state index contributed by atoms with van der Waals surface area (Å²) >= 11 is 0. The van der Waals surface area contributed by atoms with Gasteiger partial charge in [0.1, 0.15) is 0 Å². The van der Waals surface area contributed by atoms with Crippen molar-refractivity contribution in [3.8, 4) is 22.3 Å². The van der Waals surface area contributed by atoms with Crippen LogP contribution < -0.4 is 35.2 Å². The summed E-state index contributed by atoms with van der Waals surface area (Å²) in [5.41, 5.74) is 8.42. The van der Waals surface area contributed by atoms with E-state index in [1.54, 1.807) is 5.56 Å². The van der Waals surface area contributed by atoms with Gasteiger partial charge in [-0.3, -0.25) is 0 Å². The summed E-state index contributed by atoms with van der Waals surface area (Å²) in [4.78, 5) is 0. The molecular weight excluding hydrogens is 735 g/mol. The molecular formula is C43H50Cl2Si2Zr. The van der Waals surface area contributed by atoms with E-state index in [-0.39, 0.29) is 51.0 Å². The van der Waals surface area contributed by atoms with E-state index in [2.05, 4.69) is 155 Å². The largest absolute Gasteiger partial charge is 4.00 e. The first-order valence-corrected chi connectivity index (χ1v) is 24.1. The summed E-state index contributed by atoms with van der Waals surface area (Å²) in [7, 11) is -2.44. The molecule has 48 heavy (non-hydrogen) atoms. The van der Waals surface area contributed by atoms with E-state index < -0.39 is 16.1 Å². The summed E-state index contributed by atoms with van der Waals surface area (Å²) in [6, 6.07) is 41.5. The van der Waals surface area contributed by atoms with Crippen molar-refractivity contribution < 1.29 is 51.0 Å². The van der Waals surface area contributed by atoms with Crippen molar-refractivity contribution >= 4 is 48.1 Å². The van der Waals surface area contributed by atoms with E-state index in [1.165, 1.54) is 85.4 Å². The Morgan fingerprint density at radius 3 is 1.46 bits per heavy atom. The smallest absolute Gasteiger partial charge is 1.00 e. The van der Waals surface area contributed by atoms with Gasteiger partial charge in [0, 0.05) is 0 Å². The molecule has 6 aromatic rings. The van der Waals surface area contributed by atoms with Crippen molar-refractivity contribution in [2.75, 3.05) is 0 Å². The van der Waals surface area contributed by atoms with Gasteiger partial charge in [0.25, 0.3) is 0 Å². The van der Waals surface area contributed by atoms with Crippen molar-refractivity contribution in [2.45, 2.75) is 84.2 Å². The average molecular weight is 785 g/mol.